The molecule has 1 aliphatic rings. The zero-order valence-electron chi connectivity index (χ0n) is 8.68. The van der Waals surface area contributed by atoms with E-state index in [4.69, 9.17) is 4.74 Å². The lowest BCUT2D eigenvalue weighted by molar-refractivity contribution is -0.0370. The smallest absolute Gasteiger partial charge is 0.0600 e. The van der Waals surface area contributed by atoms with Gasteiger partial charge in [0, 0.05) is 7.11 Å². The second kappa shape index (κ2) is 3.75. The monoisotopic (exact) mass is 171 g/mol. The molecule has 0 aromatic carbocycles. The summed E-state index contributed by atoms with van der Waals surface area (Å²) in [6.45, 7) is 9.09. The Kier molecular flexibility index (Phi) is 3.13. The summed E-state index contributed by atoms with van der Waals surface area (Å²) < 4.78 is 5.44. The van der Waals surface area contributed by atoms with Crippen LogP contribution in [0.15, 0.2) is 0 Å². The van der Waals surface area contributed by atoms with Crippen LogP contribution in [-0.2, 0) is 4.74 Å². The number of methoxy groups -OCH3 is 1. The third-order valence-corrected chi connectivity index (χ3v) is 3.70. The van der Waals surface area contributed by atoms with Crippen LogP contribution in [0, 0.1) is 11.3 Å². The van der Waals surface area contributed by atoms with Crippen molar-refractivity contribution in [1.29, 1.82) is 0 Å². The summed E-state index contributed by atoms with van der Waals surface area (Å²) in [5, 5.41) is 3.41. The van der Waals surface area contributed by atoms with E-state index in [0.29, 0.717) is 17.4 Å². The Morgan fingerprint density at radius 2 is 2.25 bits per heavy atom. The minimum atomic E-state index is 0.361. The normalized spacial score (nSPS) is 39.5. The minimum absolute atomic E-state index is 0.361. The van der Waals surface area contributed by atoms with Crippen LogP contribution in [0.4, 0.5) is 0 Å². The average Bonchev–Trinajstić information content (AvgIpc) is 2.09. The lowest BCUT2D eigenvalue weighted by atomic mass is 9.69. The van der Waals surface area contributed by atoms with E-state index in [-0.39, 0.29) is 0 Å². The van der Waals surface area contributed by atoms with Gasteiger partial charge in [0.25, 0.3) is 0 Å². The van der Waals surface area contributed by atoms with Crippen LogP contribution in [0.2, 0.25) is 0 Å². The number of rotatable bonds is 2. The molecule has 1 rings (SSSR count). The maximum Gasteiger partial charge on any atom is 0.0600 e. The molecule has 0 aromatic rings. The predicted octanol–water partition coefficient (Wildman–Crippen LogP) is 1.66. The molecule has 1 aliphatic heterocycles. The molecule has 1 N–H and O–H groups in total. The van der Waals surface area contributed by atoms with E-state index < -0.39 is 0 Å². The molecule has 72 valence electrons. The Morgan fingerprint density at radius 1 is 1.58 bits per heavy atom. The molecule has 0 aromatic heterocycles. The molecule has 0 amide bonds. The minimum Gasteiger partial charge on any atom is -0.381 e. The van der Waals surface area contributed by atoms with Gasteiger partial charge in [0.1, 0.15) is 0 Å². The Hall–Kier alpha value is -0.0800. The van der Waals surface area contributed by atoms with Crippen LogP contribution in [0.3, 0.4) is 0 Å². The van der Waals surface area contributed by atoms with Crippen molar-refractivity contribution in [1.82, 2.24) is 5.32 Å². The van der Waals surface area contributed by atoms with Crippen LogP contribution in [-0.4, -0.2) is 26.3 Å². The molecule has 0 radical (unpaired) electrons. The fourth-order valence-corrected chi connectivity index (χ4v) is 2.03. The number of hydrogen-bond acceptors (Lipinski definition) is 2. The molecule has 1 saturated heterocycles. The molecule has 0 saturated carbocycles. The number of nitrogens with one attached hydrogen (secondary N) is 1. The van der Waals surface area contributed by atoms with Gasteiger partial charge in [-0.1, -0.05) is 13.8 Å². The summed E-state index contributed by atoms with van der Waals surface area (Å²) in [4.78, 5) is 0. The van der Waals surface area contributed by atoms with E-state index in [1.807, 2.05) is 7.11 Å². The van der Waals surface area contributed by atoms with Crippen molar-refractivity contribution in [2.24, 2.45) is 11.3 Å². The van der Waals surface area contributed by atoms with Gasteiger partial charge in [0.05, 0.1) is 6.10 Å². The molecular weight excluding hydrogens is 150 g/mol. The first-order valence-electron chi connectivity index (χ1n) is 4.84. The second-order valence-corrected chi connectivity index (χ2v) is 4.24. The van der Waals surface area contributed by atoms with Crippen molar-refractivity contribution < 1.29 is 4.74 Å². The topological polar surface area (TPSA) is 21.3 Å². The van der Waals surface area contributed by atoms with Crippen LogP contribution in [0.25, 0.3) is 0 Å². The highest BCUT2D eigenvalue weighted by Gasteiger charge is 2.38. The summed E-state index contributed by atoms with van der Waals surface area (Å²) >= 11 is 0. The van der Waals surface area contributed by atoms with Crippen molar-refractivity contribution in [3.8, 4) is 0 Å². The van der Waals surface area contributed by atoms with Crippen LogP contribution >= 0.6 is 0 Å². The van der Waals surface area contributed by atoms with E-state index in [1.54, 1.807) is 0 Å². The number of hydrogen-bond donors (Lipinski definition) is 1. The average molecular weight is 171 g/mol. The van der Waals surface area contributed by atoms with Gasteiger partial charge in [0.15, 0.2) is 0 Å². The number of piperidine rings is 1. The SMILES string of the molecule is COC(C)C1(C)CCNCC1C. The largest absolute Gasteiger partial charge is 0.381 e. The van der Waals surface area contributed by atoms with Crippen LogP contribution in [0.1, 0.15) is 27.2 Å². The zero-order valence-corrected chi connectivity index (χ0v) is 8.68. The fourth-order valence-electron chi connectivity index (χ4n) is 2.03. The first-order chi connectivity index (χ1) is 5.61. The summed E-state index contributed by atoms with van der Waals surface area (Å²) in [7, 11) is 1.81. The van der Waals surface area contributed by atoms with Crippen LogP contribution in [0.5, 0.6) is 0 Å². The van der Waals surface area contributed by atoms with Gasteiger partial charge in [-0.3, -0.25) is 0 Å². The van der Waals surface area contributed by atoms with E-state index in [9.17, 15) is 0 Å². The molecule has 1 heterocycles. The van der Waals surface area contributed by atoms with Gasteiger partial charge < -0.3 is 10.1 Å². The molecule has 0 spiro atoms. The molecule has 2 heteroatoms. The first-order valence-corrected chi connectivity index (χ1v) is 4.84. The Balaban J connectivity index is 2.65. The molecular formula is C10H21NO. The van der Waals surface area contributed by atoms with E-state index in [2.05, 4.69) is 26.1 Å². The Labute approximate surface area is 75.7 Å². The van der Waals surface area contributed by atoms with Gasteiger partial charge in [0.2, 0.25) is 0 Å². The molecule has 0 bridgehead atoms. The van der Waals surface area contributed by atoms with E-state index in [1.165, 1.54) is 6.42 Å². The van der Waals surface area contributed by atoms with Gasteiger partial charge in [-0.15, -0.1) is 0 Å². The summed E-state index contributed by atoms with van der Waals surface area (Å²) in [6, 6.07) is 0. The third kappa shape index (κ3) is 1.64. The molecule has 3 atom stereocenters. The molecule has 0 aliphatic carbocycles. The number of ether oxygens (including phenoxy) is 1. The standard InChI is InChI=1S/C10H21NO/c1-8-7-11-6-5-10(8,3)9(2)12-4/h8-9,11H,5-7H2,1-4H3. The second-order valence-electron chi connectivity index (χ2n) is 4.24. The maximum absolute atomic E-state index is 5.44. The summed E-state index contributed by atoms with van der Waals surface area (Å²) in [6.07, 6.45) is 1.60. The summed E-state index contributed by atoms with van der Waals surface area (Å²) in [5.41, 5.74) is 0.361. The Bertz CT molecular complexity index is 143. The van der Waals surface area contributed by atoms with Gasteiger partial charge in [-0.2, -0.15) is 0 Å². The van der Waals surface area contributed by atoms with Crippen molar-refractivity contribution in [2.75, 3.05) is 20.2 Å². The third-order valence-electron chi connectivity index (χ3n) is 3.70. The first kappa shape index (κ1) is 10.0. The van der Waals surface area contributed by atoms with E-state index >= 15 is 0 Å². The highest BCUT2D eigenvalue weighted by Crippen LogP contribution is 2.37. The maximum atomic E-state index is 5.44. The molecule has 1 fully saturated rings. The van der Waals surface area contributed by atoms with Gasteiger partial charge >= 0.3 is 0 Å². The summed E-state index contributed by atoms with van der Waals surface area (Å²) in [5.74, 6) is 0.709. The molecule has 3 unspecified atom stereocenters. The quantitative estimate of drug-likeness (QED) is 0.682. The lowest BCUT2D eigenvalue weighted by Crippen LogP contribution is -2.48. The highest BCUT2D eigenvalue weighted by atomic mass is 16.5. The van der Waals surface area contributed by atoms with Crippen LogP contribution < -0.4 is 5.32 Å². The van der Waals surface area contributed by atoms with Crippen molar-refractivity contribution in [3.63, 3.8) is 0 Å². The van der Waals surface area contributed by atoms with Gasteiger partial charge in [-0.05, 0) is 37.8 Å². The van der Waals surface area contributed by atoms with E-state index in [0.717, 1.165) is 13.1 Å². The predicted molar refractivity (Wildman–Crippen MR) is 51.2 cm³/mol. The Morgan fingerprint density at radius 3 is 2.75 bits per heavy atom. The highest BCUT2D eigenvalue weighted by molar-refractivity contribution is 4.90. The van der Waals surface area contributed by atoms with Crippen molar-refractivity contribution in [2.45, 2.75) is 33.3 Å². The zero-order chi connectivity index (χ0) is 9.19. The molecule has 2 nitrogen and oxygen atoms in total. The fraction of sp³-hybridized carbons (Fsp3) is 1.00. The molecule has 12 heavy (non-hydrogen) atoms. The lowest BCUT2D eigenvalue weighted by Gasteiger charge is -2.43. The van der Waals surface area contributed by atoms with Gasteiger partial charge in [-0.25, -0.2) is 0 Å². The van der Waals surface area contributed by atoms with Crippen molar-refractivity contribution in [3.05, 3.63) is 0 Å². The van der Waals surface area contributed by atoms with Crippen molar-refractivity contribution >= 4 is 0 Å².